The fourth-order valence-electron chi connectivity index (χ4n) is 19.3. The Labute approximate surface area is 816 Å². The van der Waals surface area contributed by atoms with Gasteiger partial charge < -0.3 is 0 Å². The van der Waals surface area contributed by atoms with E-state index in [0.29, 0.717) is 57.7 Å². The number of halogens is 5. The zero-order valence-corrected chi connectivity index (χ0v) is 87.2. The zero-order valence-electron chi connectivity index (χ0n) is 90.2. The molecule has 12 aromatic carbocycles. The maximum atomic E-state index is 15.8. The minimum atomic E-state index is -2.26. The third kappa shape index (κ3) is 19.9. The van der Waals surface area contributed by atoms with Crippen LogP contribution in [-0.2, 0) is 35.2 Å². The summed E-state index contributed by atoms with van der Waals surface area (Å²) in [6.45, 7) is 59.1. The number of aryl methyl sites for hydroxylation is 10. The van der Waals surface area contributed by atoms with Crippen molar-refractivity contribution in [2.24, 2.45) is 35.2 Å². The molecule has 6 heterocycles. The van der Waals surface area contributed by atoms with E-state index in [2.05, 4.69) is 212 Å². The summed E-state index contributed by atoms with van der Waals surface area (Å²) in [5, 5.41) is 10.3. The van der Waals surface area contributed by atoms with Crippen molar-refractivity contribution in [3.8, 4) is 78.5 Å². The van der Waals surface area contributed by atoms with Gasteiger partial charge >= 0.3 is 0 Å². The second-order valence-electron chi connectivity index (χ2n) is 39.2. The van der Waals surface area contributed by atoms with Crippen LogP contribution < -0.4 is 38.4 Å². The van der Waals surface area contributed by atoms with Gasteiger partial charge in [-0.25, -0.2) is 26.8 Å². The summed E-state index contributed by atoms with van der Waals surface area (Å²) in [4.78, 5) is 7.36. The van der Waals surface area contributed by atoms with E-state index in [-0.39, 0.29) is 29.0 Å². The van der Waals surface area contributed by atoms with Crippen LogP contribution >= 0.6 is 0 Å². The molecule has 0 unspecified atom stereocenters. The molecule has 7 nitrogen and oxygen atoms in total. The first-order valence-corrected chi connectivity index (χ1v) is 53.2. The largest absolute Gasteiger partial charge is 0.264 e. The van der Waals surface area contributed by atoms with Crippen LogP contribution in [0.25, 0.3) is 137 Å². The molecule has 694 valence electrons. The van der Waals surface area contributed by atoms with Crippen LogP contribution in [0.1, 0.15) is 119 Å². The summed E-state index contributed by atoms with van der Waals surface area (Å²) in [6.07, 6.45) is 3.32. The molecule has 0 N–H and O–H groups in total. The molecule has 14 heteroatoms. The third-order valence-electron chi connectivity index (χ3n) is 28.1. The predicted molar refractivity (Wildman–Crippen MR) is 568 cm³/mol. The highest BCUT2D eigenvalue weighted by molar-refractivity contribution is 7.00. The molecule has 6 aromatic heterocycles. The number of hydrogen-bond acceptors (Lipinski definition) is 1. The highest BCUT2D eigenvalue weighted by atomic mass is 28.3. The summed E-state index contributed by atoms with van der Waals surface area (Å²) in [6, 6.07) is 64.0. The molecule has 0 aliphatic heterocycles. The molecule has 0 aliphatic rings. The van der Waals surface area contributed by atoms with Gasteiger partial charge in [-0.15, -0.1) is 0 Å². The van der Waals surface area contributed by atoms with Crippen LogP contribution in [0.15, 0.2) is 237 Å². The Morgan fingerprint density at radius 3 is 0.869 bits per heavy atom. The summed E-state index contributed by atoms with van der Waals surface area (Å²) in [5.74, 6) is -1.45. The summed E-state index contributed by atoms with van der Waals surface area (Å²) >= 11 is 0. The molecular formula is C123H129F5N7Si2+5. The quantitative estimate of drug-likeness (QED) is 0.0582. The van der Waals surface area contributed by atoms with Crippen molar-refractivity contribution in [3.63, 3.8) is 0 Å². The number of nitrogens with zero attached hydrogens (tertiary/aromatic N) is 7. The molecule has 18 rings (SSSR count). The predicted octanol–water partition coefficient (Wildman–Crippen LogP) is 28.2. The Morgan fingerprint density at radius 1 is 0.292 bits per heavy atom. The molecule has 0 amide bonds. The smallest absolute Gasteiger partial charge is 0.222 e. The van der Waals surface area contributed by atoms with E-state index >= 15 is 17.6 Å². The molecular weight excluding hydrogens is 1730 g/mol. The molecule has 0 radical (unpaired) electrons. The Kier molecular flexibility index (Phi) is 26.7. The van der Waals surface area contributed by atoms with Crippen LogP contribution in [0, 0.1) is 174 Å². The third-order valence-corrected chi connectivity index (χ3v) is 33.6. The van der Waals surface area contributed by atoms with Gasteiger partial charge in [-0.05, 0) is 287 Å². The van der Waals surface area contributed by atoms with Gasteiger partial charge in [-0.3, -0.25) is 4.98 Å². The van der Waals surface area contributed by atoms with Crippen molar-refractivity contribution < 1.29 is 51.6 Å². The molecule has 18 aromatic rings. The van der Waals surface area contributed by atoms with Crippen molar-refractivity contribution in [2.75, 3.05) is 0 Å². The van der Waals surface area contributed by atoms with Gasteiger partial charge in [0.15, 0.2) is 28.5 Å². The maximum Gasteiger partial charge on any atom is 0.222 e. The maximum absolute atomic E-state index is 15.8. The van der Waals surface area contributed by atoms with E-state index in [1.54, 1.807) is 48.8 Å². The molecule has 0 saturated heterocycles. The summed E-state index contributed by atoms with van der Waals surface area (Å²) < 4.78 is 129. The summed E-state index contributed by atoms with van der Waals surface area (Å²) in [7, 11) is 5.67. The number of rotatable bonds is 10. The van der Waals surface area contributed by atoms with Gasteiger partial charge in [0.05, 0.1) is 76.2 Å². The van der Waals surface area contributed by atoms with Crippen molar-refractivity contribution >= 4 is 91.3 Å². The topological polar surface area (TPSA) is 36.6 Å². The van der Waals surface area contributed by atoms with E-state index in [1.807, 2.05) is 172 Å². The lowest BCUT2D eigenvalue weighted by molar-refractivity contribution is -0.665. The average Bonchev–Trinajstić information content (AvgIpc) is 0.726. The highest BCUT2D eigenvalue weighted by Gasteiger charge is 2.34. The Balaban J connectivity index is 0.000000141. The molecule has 0 fully saturated rings. The second-order valence-corrected chi connectivity index (χ2v) is 48.6. The molecule has 0 bridgehead atoms. The van der Waals surface area contributed by atoms with Gasteiger partial charge in [-0.1, -0.05) is 175 Å². The molecule has 0 aliphatic carbocycles. The number of hydrogen-bond donors (Lipinski definition) is 0. The number of pyridine rings is 6. The average molecular weight is 1860 g/mol. The minimum Gasteiger partial charge on any atom is -0.264 e. The zero-order chi connectivity index (χ0) is 104. The Morgan fingerprint density at radius 2 is 0.562 bits per heavy atom. The Bertz CT molecular complexity index is 8080. The molecule has 0 spiro atoms. The van der Waals surface area contributed by atoms with Gasteiger partial charge in [-0.2, -0.15) is 22.8 Å². The lowest BCUT2D eigenvalue weighted by Crippen LogP contribution is -2.54. The van der Waals surface area contributed by atoms with Crippen LogP contribution in [0.3, 0.4) is 0 Å². The van der Waals surface area contributed by atoms with E-state index in [4.69, 9.17) is 13.4 Å². The summed E-state index contributed by atoms with van der Waals surface area (Å²) in [5.41, 5.74) is 34.6. The number of aromatic nitrogens is 6. The molecule has 137 heavy (non-hydrogen) atoms. The first-order chi connectivity index (χ1) is 66.8. The molecule has 0 saturated carbocycles. The number of fused-ring (bicyclic) bond motifs is 5. The van der Waals surface area contributed by atoms with E-state index in [0.717, 1.165) is 160 Å². The van der Waals surface area contributed by atoms with Crippen molar-refractivity contribution in [1.29, 1.82) is 0 Å². The Hall–Kier alpha value is -13.6. The van der Waals surface area contributed by atoms with Gasteiger partial charge in [0.25, 0.3) is 0 Å². The van der Waals surface area contributed by atoms with E-state index < -0.39 is 22.0 Å². The van der Waals surface area contributed by atoms with Crippen molar-refractivity contribution in [3.05, 3.63) is 389 Å². The normalized spacial score (nSPS) is 12.0. The van der Waals surface area contributed by atoms with Crippen LogP contribution in [0.4, 0.5) is 27.6 Å². The first-order valence-electron chi connectivity index (χ1n) is 49.2. The van der Waals surface area contributed by atoms with Crippen molar-refractivity contribution in [2.45, 2.75) is 171 Å². The standard InChI is InChI=1S/C28H31FNSi.C26H25FN.C25H24FN2.C23H29FNSi.C21H20FN2/c1-18-13-19(2)21(4)24(14-18)28-25-17-26(29)27(16-22(25)15-20(3)30(28)5)31(6,7)23-11-9-8-10-12-23;1-16-11-17(2)19(4)22(12-16)26-24-15-25(27)23(20-9-7-6-8-10-20)14-21(24)13-18(3)28(26)5;1-15-9-16(2)18(4)21(10-15)25-23-13-24(26)22(19-7-6-8-27-14-19)12-20(23)11-17(3)28(25)5;1-14-9-15(2)17(4)19(10-14)23-20-13-21(24)22(26(6,7)8)12-18(20)11-16(3)25(23)5;1-12-7-13(2)15(4)17(8-12)21-18-11-19(22)20(23-5)10-16(18)9-14(3)24(21)6/h8-17H,1-7H3;6-15H,1-5H3;6-14H,1-5H3;9-13H,1-8H3;7-11H,1-4,6H3/q5*+1/i15D;13D;2*11D;9D. The van der Waals surface area contributed by atoms with E-state index in [9.17, 15) is 4.39 Å². The van der Waals surface area contributed by atoms with Crippen LogP contribution in [0.5, 0.6) is 0 Å². The monoisotopic (exact) mass is 1860 g/mol. The van der Waals surface area contributed by atoms with Gasteiger partial charge in [0.1, 0.15) is 72.4 Å². The van der Waals surface area contributed by atoms with Crippen LogP contribution in [0.2, 0.25) is 32.7 Å². The van der Waals surface area contributed by atoms with Crippen LogP contribution in [-0.4, -0.2) is 21.1 Å². The second kappa shape index (κ2) is 39.6. The lowest BCUT2D eigenvalue weighted by atomic mass is 9.92. The van der Waals surface area contributed by atoms with Gasteiger partial charge in [0.2, 0.25) is 34.2 Å². The fourth-order valence-corrected chi connectivity index (χ4v) is 23.2. The van der Waals surface area contributed by atoms with Crippen molar-refractivity contribution in [1.82, 2.24) is 4.98 Å². The highest BCUT2D eigenvalue weighted by Crippen LogP contribution is 2.41. The fraction of sp³-hybridized carbons (Fsp3) is 0.244. The number of benzene rings is 12. The molecule has 0 atom stereocenters. The minimum absolute atomic E-state index is 0.0441. The van der Waals surface area contributed by atoms with Gasteiger partial charge in [0, 0.05) is 93.9 Å². The van der Waals surface area contributed by atoms with E-state index in [1.165, 1.54) is 84.1 Å². The lowest BCUT2D eigenvalue weighted by Gasteiger charge is -2.25. The first kappa shape index (κ1) is 92.5. The SMILES string of the molecule is [2H]c1c(C)[n+](C)c(-c2cc(C)cc(C)c2C)c2cc(F)c(-c3ccccc3)cc12.[2H]c1c(C)[n+](C)c(-c2cc(C)cc(C)c2C)c2cc(F)c(-c3cccnc3)cc12.[2H]c1c(C)[n+](C)c(-c2cc(C)cc(C)c2C)c2cc(F)c([N+]#[C-])cc12.[2H]c1c(C)[n+](C)c(-c2cc(C)cc(C)c2C)c2cc(F)c([Si](C)(C)C)cc12.[2H]c1c(C)[n+](C)c(-c2cc(C)cc(C)c2C)c2cc(F)c([Si](C)(C)c3ccccc3)cc12.